The normalized spacial score (nSPS) is 11.1. The van der Waals surface area contributed by atoms with Gasteiger partial charge in [0.15, 0.2) is 11.0 Å². The lowest BCUT2D eigenvalue weighted by Gasteiger charge is -2.11. The summed E-state index contributed by atoms with van der Waals surface area (Å²) in [6, 6.07) is 14.8. The van der Waals surface area contributed by atoms with Gasteiger partial charge in [-0.25, -0.2) is 0 Å². The molecule has 0 spiro atoms. The minimum atomic E-state index is -0.584. The number of unbranched alkanes of at least 4 members (excludes halogenated alkanes) is 3. The van der Waals surface area contributed by atoms with Crippen molar-refractivity contribution in [3.8, 4) is 11.4 Å². The van der Waals surface area contributed by atoms with E-state index in [0.717, 1.165) is 48.1 Å². The Morgan fingerprint density at radius 3 is 2.68 bits per heavy atom. The summed E-state index contributed by atoms with van der Waals surface area (Å²) < 4.78 is 2.10. The maximum atomic E-state index is 12.6. The van der Waals surface area contributed by atoms with Crippen molar-refractivity contribution in [2.45, 2.75) is 44.3 Å². The van der Waals surface area contributed by atoms with E-state index in [1.165, 1.54) is 18.2 Å². The number of nitrogens with zero attached hydrogens (tertiary/aromatic N) is 3. The van der Waals surface area contributed by atoms with Crippen LogP contribution in [-0.4, -0.2) is 37.3 Å². The molecular weight excluding hydrogens is 448 g/mol. The Labute approximate surface area is 202 Å². The first-order chi connectivity index (χ1) is 16.6. The maximum absolute atomic E-state index is 12.6. The highest BCUT2D eigenvalue weighted by molar-refractivity contribution is 7.99. The number of nitrogens with two attached hydrogens (primary N) is 1. The minimum absolute atomic E-state index is 0.133. The van der Waals surface area contributed by atoms with Gasteiger partial charge in [0.05, 0.1) is 17.0 Å². The van der Waals surface area contributed by atoms with Crippen LogP contribution < -0.4 is 11.1 Å². The maximum Gasteiger partial charge on any atom is 0.250 e. The number of carbonyl (C=O) groups excluding carboxylic acids is 2. The van der Waals surface area contributed by atoms with Crippen molar-refractivity contribution in [3.05, 3.63) is 60.3 Å². The molecule has 2 heterocycles. The average Bonchev–Trinajstić information content (AvgIpc) is 3.44. The van der Waals surface area contributed by atoms with Gasteiger partial charge in [-0.05, 0) is 24.6 Å². The van der Waals surface area contributed by atoms with Gasteiger partial charge in [0, 0.05) is 29.2 Å². The average molecular weight is 477 g/mol. The predicted molar refractivity (Wildman–Crippen MR) is 136 cm³/mol. The summed E-state index contributed by atoms with van der Waals surface area (Å²) in [5.41, 5.74) is 8.13. The van der Waals surface area contributed by atoms with Crippen LogP contribution in [0.25, 0.3) is 22.3 Å². The van der Waals surface area contributed by atoms with Crippen LogP contribution in [0, 0.1) is 0 Å². The molecule has 0 saturated heterocycles. The van der Waals surface area contributed by atoms with Gasteiger partial charge >= 0.3 is 0 Å². The molecule has 0 aliphatic heterocycles. The molecule has 0 aliphatic carbocycles. The molecule has 0 fully saturated rings. The van der Waals surface area contributed by atoms with Gasteiger partial charge in [-0.2, -0.15) is 0 Å². The van der Waals surface area contributed by atoms with Gasteiger partial charge in [-0.15, -0.1) is 10.2 Å². The number of benzene rings is 2. The summed E-state index contributed by atoms with van der Waals surface area (Å²) in [5, 5.41) is 13.4. The van der Waals surface area contributed by atoms with E-state index in [2.05, 4.69) is 38.1 Å². The van der Waals surface area contributed by atoms with E-state index in [4.69, 9.17) is 5.73 Å². The molecule has 0 saturated carbocycles. The van der Waals surface area contributed by atoms with Crippen LogP contribution in [0.2, 0.25) is 0 Å². The smallest absolute Gasteiger partial charge is 0.250 e. The van der Waals surface area contributed by atoms with Crippen molar-refractivity contribution < 1.29 is 9.59 Å². The molecule has 4 N–H and O–H groups in total. The minimum Gasteiger partial charge on any atom is -0.366 e. The number of aromatic nitrogens is 4. The van der Waals surface area contributed by atoms with E-state index in [9.17, 15) is 9.59 Å². The predicted octanol–water partition coefficient (Wildman–Crippen LogP) is 4.84. The van der Waals surface area contributed by atoms with Gasteiger partial charge < -0.3 is 20.6 Å². The molecule has 0 aliphatic rings. The number of aromatic amines is 1. The number of hydrogen-bond acceptors (Lipinski definition) is 5. The molecule has 176 valence electrons. The number of nitrogens with one attached hydrogen (secondary N) is 2. The molecule has 34 heavy (non-hydrogen) atoms. The summed E-state index contributed by atoms with van der Waals surface area (Å²) in [7, 11) is 0. The molecule has 0 bridgehead atoms. The Morgan fingerprint density at radius 1 is 1.06 bits per heavy atom. The number of thioether (sulfide) groups is 1. The third-order valence-electron chi connectivity index (χ3n) is 5.58. The van der Waals surface area contributed by atoms with Crippen molar-refractivity contribution in [3.63, 3.8) is 0 Å². The van der Waals surface area contributed by atoms with Crippen molar-refractivity contribution in [1.29, 1.82) is 0 Å². The third-order valence-corrected chi connectivity index (χ3v) is 6.55. The molecule has 0 unspecified atom stereocenters. The fourth-order valence-electron chi connectivity index (χ4n) is 3.87. The van der Waals surface area contributed by atoms with Crippen molar-refractivity contribution in [1.82, 2.24) is 19.7 Å². The van der Waals surface area contributed by atoms with Crippen LogP contribution in [0.15, 0.2) is 59.9 Å². The second-order valence-electron chi connectivity index (χ2n) is 8.01. The van der Waals surface area contributed by atoms with Crippen LogP contribution in [0.3, 0.4) is 0 Å². The third kappa shape index (κ3) is 5.31. The number of para-hydroxylation sites is 2. The number of amides is 2. The lowest BCUT2D eigenvalue weighted by Crippen LogP contribution is -2.19. The SMILES string of the molecule is CCCCCCn1c(SCC(=O)Nc2ccccc2C(N)=O)nnc1-c1c[nH]c2ccccc12. The van der Waals surface area contributed by atoms with Crippen LogP contribution >= 0.6 is 11.8 Å². The molecule has 0 atom stereocenters. The Bertz CT molecular complexity index is 1300. The summed E-state index contributed by atoms with van der Waals surface area (Å²) in [6.07, 6.45) is 6.42. The Hall–Kier alpha value is -3.59. The van der Waals surface area contributed by atoms with Crippen molar-refractivity contribution in [2.24, 2.45) is 5.73 Å². The Morgan fingerprint density at radius 2 is 1.85 bits per heavy atom. The fourth-order valence-corrected chi connectivity index (χ4v) is 4.64. The quantitative estimate of drug-likeness (QED) is 0.211. The lowest BCUT2D eigenvalue weighted by molar-refractivity contribution is -0.113. The van der Waals surface area contributed by atoms with Crippen LogP contribution in [0.5, 0.6) is 0 Å². The summed E-state index contributed by atoms with van der Waals surface area (Å²) in [6.45, 7) is 2.96. The zero-order valence-electron chi connectivity index (χ0n) is 19.1. The standard InChI is InChI=1S/C25H28N6O2S/c1-2-3-4-9-14-31-24(19-15-27-20-12-7-5-10-17(19)20)29-30-25(31)34-16-22(32)28-21-13-8-6-11-18(21)23(26)33/h5-8,10-13,15,27H,2-4,9,14,16H2,1H3,(H2,26,33)(H,28,32). The zero-order valence-corrected chi connectivity index (χ0v) is 19.9. The molecule has 2 aromatic carbocycles. The number of H-pyrrole nitrogens is 1. The largest absolute Gasteiger partial charge is 0.366 e. The first-order valence-electron chi connectivity index (χ1n) is 11.4. The molecule has 8 nitrogen and oxygen atoms in total. The van der Waals surface area contributed by atoms with Crippen LogP contribution in [0.4, 0.5) is 5.69 Å². The van der Waals surface area contributed by atoms with E-state index in [1.807, 2.05) is 24.4 Å². The molecule has 9 heteroatoms. The van der Waals surface area contributed by atoms with E-state index >= 15 is 0 Å². The summed E-state index contributed by atoms with van der Waals surface area (Å²) in [4.78, 5) is 27.6. The molecule has 0 radical (unpaired) electrons. The molecule has 2 aromatic heterocycles. The number of hydrogen-bond donors (Lipinski definition) is 3. The van der Waals surface area contributed by atoms with Gasteiger partial charge in [0.2, 0.25) is 5.91 Å². The summed E-state index contributed by atoms with van der Waals surface area (Å²) >= 11 is 1.33. The monoisotopic (exact) mass is 476 g/mol. The highest BCUT2D eigenvalue weighted by Gasteiger charge is 2.19. The van der Waals surface area contributed by atoms with E-state index in [1.54, 1.807) is 24.3 Å². The fraction of sp³-hybridized carbons (Fsp3) is 0.280. The van der Waals surface area contributed by atoms with E-state index in [-0.39, 0.29) is 17.2 Å². The number of primary amides is 1. The number of fused-ring (bicyclic) bond motifs is 1. The number of rotatable bonds is 11. The van der Waals surface area contributed by atoms with Crippen molar-refractivity contribution >= 4 is 40.2 Å². The molecule has 2 amide bonds. The highest BCUT2D eigenvalue weighted by Crippen LogP contribution is 2.30. The van der Waals surface area contributed by atoms with Crippen LogP contribution in [-0.2, 0) is 11.3 Å². The molecule has 4 rings (SSSR count). The first kappa shape index (κ1) is 23.6. The zero-order chi connectivity index (χ0) is 23.9. The molecule has 4 aromatic rings. The molecular formula is C25H28N6O2S. The van der Waals surface area contributed by atoms with Gasteiger partial charge in [0.1, 0.15) is 0 Å². The lowest BCUT2D eigenvalue weighted by atomic mass is 10.1. The topological polar surface area (TPSA) is 119 Å². The highest BCUT2D eigenvalue weighted by atomic mass is 32.2. The Balaban J connectivity index is 1.53. The van der Waals surface area contributed by atoms with Gasteiger partial charge in [-0.3, -0.25) is 9.59 Å². The van der Waals surface area contributed by atoms with Gasteiger partial charge in [-0.1, -0.05) is 68.3 Å². The Kier molecular flexibility index (Phi) is 7.64. The second kappa shape index (κ2) is 11.0. The van der Waals surface area contributed by atoms with E-state index in [0.29, 0.717) is 10.8 Å². The van der Waals surface area contributed by atoms with Crippen LogP contribution in [0.1, 0.15) is 43.0 Å². The first-order valence-corrected chi connectivity index (χ1v) is 12.4. The van der Waals surface area contributed by atoms with E-state index < -0.39 is 5.91 Å². The number of anilines is 1. The van der Waals surface area contributed by atoms with Crippen molar-refractivity contribution in [2.75, 3.05) is 11.1 Å². The van der Waals surface area contributed by atoms with Gasteiger partial charge in [0.25, 0.3) is 5.91 Å². The summed E-state index contributed by atoms with van der Waals surface area (Å²) in [5.74, 6) is 0.0937. The second-order valence-corrected chi connectivity index (χ2v) is 8.96. The number of carbonyl (C=O) groups is 2.